The molecular formula is C16H23NO4S. The number of nitrogens with zero attached hydrogens (tertiary/aromatic N) is 1. The van der Waals surface area contributed by atoms with Crippen molar-refractivity contribution < 1.29 is 17.9 Å². The summed E-state index contributed by atoms with van der Waals surface area (Å²) in [5.41, 5.74) is 0.910. The van der Waals surface area contributed by atoms with Gasteiger partial charge in [-0.15, -0.1) is 0 Å². The van der Waals surface area contributed by atoms with E-state index in [-0.39, 0.29) is 17.0 Å². The molecule has 1 aliphatic heterocycles. The summed E-state index contributed by atoms with van der Waals surface area (Å²) in [7, 11) is -2.06. The molecule has 22 heavy (non-hydrogen) atoms. The third-order valence-electron chi connectivity index (χ3n) is 4.59. The Bertz CT molecular complexity index is 642. The Balaban J connectivity index is 2.00. The van der Waals surface area contributed by atoms with Crippen molar-refractivity contribution in [3.05, 3.63) is 23.8 Å². The van der Waals surface area contributed by atoms with Crippen molar-refractivity contribution in [1.29, 1.82) is 0 Å². The second kappa shape index (κ2) is 6.18. The third kappa shape index (κ3) is 2.75. The van der Waals surface area contributed by atoms with Gasteiger partial charge < -0.3 is 9.47 Å². The first-order valence-corrected chi connectivity index (χ1v) is 9.26. The predicted octanol–water partition coefficient (Wildman–Crippen LogP) is 2.34. The Morgan fingerprint density at radius 2 is 2.05 bits per heavy atom. The standard InChI is InChI=1S/C16H23NO4S/c1-12-7-8-15(20-2)16(11-12)22(18,19)17-9-10-21-14-6-4-3-5-13(14)17/h7-8,11,13-14H,3-6,9-10H2,1-2H3/t13-,14+/m1/s1. The van der Waals surface area contributed by atoms with Gasteiger partial charge in [-0.2, -0.15) is 4.31 Å². The first kappa shape index (κ1) is 15.8. The lowest BCUT2D eigenvalue weighted by atomic mass is 9.91. The minimum absolute atomic E-state index is 0.0353. The van der Waals surface area contributed by atoms with Crippen LogP contribution >= 0.6 is 0 Å². The largest absolute Gasteiger partial charge is 0.495 e. The van der Waals surface area contributed by atoms with Crippen LogP contribution in [0.1, 0.15) is 31.2 Å². The number of aryl methyl sites for hydroxylation is 1. The van der Waals surface area contributed by atoms with E-state index in [0.717, 1.165) is 31.2 Å². The highest BCUT2D eigenvalue weighted by Gasteiger charge is 2.41. The maximum atomic E-state index is 13.2. The molecule has 0 amide bonds. The fraction of sp³-hybridized carbons (Fsp3) is 0.625. The highest BCUT2D eigenvalue weighted by Crippen LogP contribution is 2.35. The maximum absolute atomic E-state index is 13.2. The van der Waals surface area contributed by atoms with Crippen molar-refractivity contribution in [2.75, 3.05) is 20.3 Å². The van der Waals surface area contributed by atoms with Crippen molar-refractivity contribution in [2.45, 2.75) is 49.6 Å². The zero-order valence-electron chi connectivity index (χ0n) is 13.1. The van der Waals surface area contributed by atoms with Crippen LogP contribution in [0.5, 0.6) is 5.75 Å². The topological polar surface area (TPSA) is 55.8 Å². The van der Waals surface area contributed by atoms with Gasteiger partial charge in [0.2, 0.25) is 10.0 Å². The Kier molecular flexibility index (Phi) is 4.43. The van der Waals surface area contributed by atoms with Gasteiger partial charge in [-0.3, -0.25) is 0 Å². The maximum Gasteiger partial charge on any atom is 0.247 e. The molecule has 1 aromatic rings. The van der Waals surface area contributed by atoms with Gasteiger partial charge in [-0.05, 0) is 37.5 Å². The minimum atomic E-state index is -3.57. The molecule has 2 aliphatic rings. The van der Waals surface area contributed by atoms with E-state index in [2.05, 4.69) is 0 Å². The highest BCUT2D eigenvalue weighted by molar-refractivity contribution is 7.89. The lowest BCUT2D eigenvalue weighted by Gasteiger charge is -2.42. The van der Waals surface area contributed by atoms with Gasteiger partial charge in [0, 0.05) is 6.54 Å². The van der Waals surface area contributed by atoms with Crippen molar-refractivity contribution in [3.8, 4) is 5.75 Å². The highest BCUT2D eigenvalue weighted by atomic mass is 32.2. The first-order chi connectivity index (χ1) is 10.5. The molecular weight excluding hydrogens is 302 g/mol. The lowest BCUT2D eigenvalue weighted by Crippen LogP contribution is -2.54. The second-order valence-corrected chi connectivity index (χ2v) is 7.89. The van der Waals surface area contributed by atoms with Gasteiger partial charge in [-0.25, -0.2) is 8.42 Å². The van der Waals surface area contributed by atoms with Crippen LogP contribution in [0.4, 0.5) is 0 Å². The van der Waals surface area contributed by atoms with Crippen molar-refractivity contribution in [1.82, 2.24) is 4.31 Å². The second-order valence-electron chi connectivity index (χ2n) is 6.03. The lowest BCUT2D eigenvalue weighted by molar-refractivity contribution is -0.0586. The fourth-order valence-corrected chi connectivity index (χ4v) is 5.38. The third-order valence-corrected chi connectivity index (χ3v) is 6.53. The minimum Gasteiger partial charge on any atom is -0.495 e. The van der Waals surface area contributed by atoms with Crippen molar-refractivity contribution >= 4 is 10.0 Å². The molecule has 0 bridgehead atoms. The number of rotatable bonds is 3. The van der Waals surface area contributed by atoms with E-state index < -0.39 is 10.0 Å². The van der Waals surface area contributed by atoms with Crippen LogP contribution in [-0.2, 0) is 14.8 Å². The molecule has 2 atom stereocenters. The zero-order chi connectivity index (χ0) is 15.7. The summed E-state index contributed by atoms with van der Waals surface area (Å²) in [5, 5.41) is 0. The summed E-state index contributed by atoms with van der Waals surface area (Å²) < 4.78 is 39.0. The van der Waals surface area contributed by atoms with E-state index in [0.29, 0.717) is 18.9 Å². The molecule has 5 nitrogen and oxygen atoms in total. The molecule has 2 fully saturated rings. The van der Waals surface area contributed by atoms with Gasteiger partial charge >= 0.3 is 0 Å². The number of hydrogen-bond acceptors (Lipinski definition) is 4. The molecule has 3 rings (SSSR count). The molecule has 1 aliphatic carbocycles. The molecule has 122 valence electrons. The van der Waals surface area contributed by atoms with Gasteiger partial charge in [0.15, 0.2) is 0 Å². The predicted molar refractivity (Wildman–Crippen MR) is 83.6 cm³/mol. The van der Waals surface area contributed by atoms with Gasteiger partial charge in [0.1, 0.15) is 10.6 Å². The van der Waals surface area contributed by atoms with E-state index in [1.807, 2.05) is 13.0 Å². The Hall–Kier alpha value is -1.11. The van der Waals surface area contributed by atoms with E-state index in [4.69, 9.17) is 9.47 Å². The Morgan fingerprint density at radius 1 is 1.27 bits per heavy atom. The Labute approximate surface area is 132 Å². The van der Waals surface area contributed by atoms with Crippen LogP contribution in [0.3, 0.4) is 0 Å². The first-order valence-electron chi connectivity index (χ1n) is 7.82. The van der Waals surface area contributed by atoms with E-state index in [1.165, 1.54) is 7.11 Å². The molecule has 1 aromatic carbocycles. The molecule has 0 unspecified atom stereocenters. The number of hydrogen-bond donors (Lipinski definition) is 0. The van der Waals surface area contributed by atoms with E-state index in [9.17, 15) is 8.42 Å². The van der Waals surface area contributed by atoms with Gasteiger partial charge in [-0.1, -0.05) is 18.9 Å². The molecule has 1 saturated heterocycles. The van der Waals surface area contributed by atoms with Crippen LogP contribution in [0.25, 0.3) is 0 Å². The molecule has 0 N–H and O–H groups in total. The molecule has 1 heterocycles. The number of methoxy groups -OCH3 is 1. The zero-order valence-corrected chi connectivity index (χ0v) is 13.9. The number of benzene rings is 1. The molecule has 0 radical (unpaired) electrons. The summed E-state index contributed by atoms with van der Waals surface area (Å²) in [6.07, 6.45) is 4.03. The molecule has 0 aromatic heterocycles. The van der Waals surface area contributed by atoms with E-state index in [1.54, 1.807) is 16.4 Å². The van der Waals surface area contributed by atoms with Crippen LogP contribution < -0.4 is 4.74 Å². The normalized spacial score (nSPS) is 26.5. The van der Waals surface area contributed by atoms with Crippen LogP contribution in [0, 0.1) is 6.92 Å². The summed E-state index contributed by atoms with van der Waals surface area (Å²) in [6.45, 7) is 2.77. The van der Waals surface area contributed by atoms with E-state index >= 15 is 0 Å². The van der Waals surface area contributed by atoms with Gasteiger partial charge in [0.05, 0.1) is 25.9 Å². The quantitative estimate of drug-likeness (QED) is 0.856. The molecule has 0 spiro atoms. The SMILES string of the molecule is COc1ccc(C)cc1S(=O)(=O)N1CCO[C@H]2CCCC[C@H]21. The number of fused-ring (bicyclic) bond motifs is 1. The van der Waals surface area contributed by atoms with Crippen LogP contribution in [0.2, 0.25) is 0 Å². The Morgan fingerprint density at radius 3 is 2.82 bits per heavy atom. The summed E-state index contributed by atoms with van der Waals surface area (Å²) >= 11 is 0. The molecule has 6 heteroatoms. The number of ether oxygens (including phenoxy) is 2. The summed E-state index contributed by atoms with van der Waals surface area (Å²) in [5.74, 6) is 0.407. The monoisotopic (exact) mass is 325 g/mol. The van der Waals surface area contributed by atoms with Gasteiger partial charge in [0.25, 0.3) is 0 Å². The number of morpholine rings is 1. The fourth-order valence-electron chi connectivity index (χ4n) is 3.47. The summed E-state index contributed by atoms with van der Waals surface area (Å²) in [4.78, 5) is 0.265. The van der Waals surface area contributed by atoms with Crippen LogP contribution in [-0.4, -0.2) is 45.1 Å². The van der Waals surface area contributed by atoms with Crippen molar-refractivity contribution in [2.24, 2.45) is 0 Å². The average molecular weight is 325 g/mol. The van der Waals surface area contributed by atoms with Crippen LogP contribution in [0.15, 0.2) is 23.1 Å². The summed E-state index contributed by atoms with van der Waals surface area (Å²) in [6, 6.07) is 5.24. The van der Waals surface area contributed by atoms with Crippen molar-refractivity contribution in [3.63, 3.8) is 0 Å². The smallest absolute Gasteiger partial charge is 0.247 e. The average Bonchev–Trinajstić information content (AvgIpc) is 2.54. The molecule has 1 saturated carbocycles. The number of sulfonamides is 1.